The molecule has 0 radical (unpaired) electrons. The van der Waals surface area contributed by atoms with E-state index in [1.807, 2.05) is 24.3 Å². The van der Waals surface area contributed by atoms with Crippen molar-refractivity contribution in [3.8, 4) is 17.2 Å². The van der Waals surface area contributed by atoms with Gasteiger partial charge in [-0.25, -0.2) is 9.97 Å². The Kier molecular flexibility index (Phi) is 5.13. The van der Waals surface area contributed by atoms with Gasteiger partial charge >= 0.3 is 0 Å². The van der Waals surface area contributed by atoms with E-state index in [-0.39, 0.29) is 0 Å². The number of aromatic nitrogens is 2. The van der Waals surface area contributed by atoms with Gasteiger partial charge in [-0.05, 0) is 18.2 Å². The number of nitrogens with one attached hydrogen (secondary N) is 1. The second kappa shape index (κ2) is 7.85. The number of methoxy groups -OCH3 is 1. The minimum atomic E-state index is 0.390. The lowest BCUT2D eigenvalue weighted by atomic mass is 10.2. The predicted molar refractivity (Wildman–Crippen MR) is 103 cm³/mol. The first kappa shape index (κ1) is 17.6. The number of fused-ring (bicyclic) bond motifs is 2. The molecule has 0 aliphatic carbocycles. The Morgan fingerprint density at radius 1 is 1.04 bits per heavy atom. The summed E-state index contributed by atoms with van der Waals surface area (Å²) in [5, 5.41) is 4.57. The SMILES string of the molecule is COc1cc2ncnc3c2cc1OCCOCCOc1cccc(Cl)c1N3. The topological polar surface area (TPSA) is 74.7 Å². The van der Waals surface area contributed by atoms with Gasteiger partial charge in [0.1, 0.15) is 36.8 Å². The summed E-state index contributed by atoms with van der Waals surface area (Å²) in [6.07, 6.45) is 1.49. The van der Waals surface area contributed by atoms with Crippen LogP contribution in [0.2, 0.25) is 5.02 Å². The minimum Gasteiger partial charge on any atom is -0.493 e. The molecule has 0 fully saturated rings. The molecule has 0 saturated carbocycles. The summed E-state index contributed by atoms with van der Waals surface area (Å²) in [4.78, 5) is 8.71. The van der Waals surface area contributed by atoms with E-state index >= 15 is 0 Å². The van der Waals surface area contributed by atoms with Crippen molar-refractivity contribution in [1.29, 1.82) is 0 Å². The Morgan fingerprint density at radius 3 is 2.67 bits per heavy atom. The molecule has 8 heteroatoms. The van der Waals surface area contributed by atoms with Crippen LogP contribution in [0, 0.1) is 0 Å². The van der Waals surface area contributed by atoms with E-state index in [0.29, 0.717) is 60.2 Å². The zero-order valence-electron chi connectivity index (χ0n) is 14.7. The number of anilines is 2. The normalized spacial score (nSPS) is 14.4. The molecule has 1 aromatic heterocycles. The molecule has 2 heterocycles. The molecule has 140 valence electrons. The zero-order chi connectivity index (χ0) is 18.6. The summed E-state index contributed by atoms with van der Waals surface area (Å²) in [7, 11) is 1.59. The number of nitrogens with zero attached hydrogens (tertiary/aromatic N) is 2. The quantitative estimate of drug-likeness (QED) is 0.680. The number of benzene rings is 2. The standard InChI is InChI=1S/C19H18ClN3O4/c1-24-16-10-14-12-9-17(16)27-8-6-25-5-7-26-15-4-2-3-13(20)18(15)23-19(12)22-11-21-14/h2-4,9-11H,5-8H2,1H3,(H,21,22,23). The van der Waals surface area contributed by atoms with E-state index in [4.69, 9.17) is 30.5 Å². The Balaban J connectivity index is 1.86. The van der Waals surface area contributed by atoms with Crippen LogP contribution in [0.15, 0.2) is 36.7 Å². The lowest BCUT2D eigenvalue weighted by molar-refractivity contribution is 0.0759. The number of hydrogen-bond donors (Lipinski definition) is 1. The minimum absolute atomic E-state index is 0.390. The maximum Gasteiger partial charge on any atom is 0.162 e. The highest BCUT2D eigenvalue weighted by Crippen LogP contribution is 2.38. The summed E-state index contributed by atoms with van der Waals surface area (Å²) >= 11 is 6.40. The van der Waals surface area contributed by atoms with Crippen molar-refractivity contribution in [2.75, 3.05) is 38.9 Å². The lowest BCUT2D eigenvalue weighted by Gasteiger charge is -2.17. The fourth-order valence-corrected chi connectivity index (χ4v) is 3.04. The fourth-order valence-electron chi connectivity index (χ4n) is 2.82. The first-order chi connectivity index (χ1) is 13.3. The maximum absolute atomic E-state index is 6.40. The Hall–Kier alpha value is -2.77. The van der Waals surface area contributed by atoms with E-state index in [1.54, 1.807) is 13.2 Å². The third-order valence-electron chi connectivity index (χ3n) is 4.11. The molecule has 27 heavy (non-hydrogen) atoms. The Morgan fingerprint density at radius 2 is 1.85 bits per heavy atom. The molecule has 0 atom stereocenters. The summed E-state index contributed by atoms with van der Waals surface area (Å²) in [6, 6.07) is 9.13. The van der Waals surface area contributed by atoms with Crippen LogP contribution in [0.1, 0.15) is 0 Å². The van der Waals surface area contributed by atoms with E-state index in [9.17, 15) is 0 Å². The highest BCUT2D eigenvalue weighted by Gasteiger charge is 2.15. The average molecular weight is 388 g/mol. The van der Waals surface area contributed by atoms with Crippen LogP contribution in [0.3, 0.4) is 0 Å². The van der Waals surface area contributed by atoms with Gasteiger partial charge in [0, 0.05) is 11.5 Å². The molecular formula is C19H18ClN3O4. The van der Waals surface area contributed by atoms with Gasteiger partial charge in [0.05, 0.1) is 30.9 Å². The molecule has 4 rings (SSSR count). The van der Waals surface area contributed by atoms with Gasteiger partial charge in [-0.3, -0.25) is 0 Å². The number of para-hydroxylation sites is 1. The molecule has 0 spiro atoms. The molecule has 7 nitrogen and oxygen atoms in total. The first-order valence-corrected chi connectivity index (χ1v) is 8.85. The molecular weight excluding hydrogens is 370 g/mol. The van der Waals surface area contributed by atoms with E-state index in [0.717, 1.165) is 10.9 Å². The van der Waals surface area contributed by atoms with Gasteiger partial charge < -0.3 is 24.3 Å². The molecule has 0 amide bonds. The smallest absolute Gasteiger partial charge is 0.162 e. The van der Waals surface area contributed by atoms with Crippen LogP contribution in [0.4, 0.5) is 11.5 Å². The monoisotopic (exact) mass is 387 g/mol. The number of hydrogen-bond acceptors (Lipinski definition) is 7. The highest BCUT2D eigenvalue weighted by atomic mass is 35.5. The summed E-state index contributed by atoms with van der Waals surface area (Å²) in [5.74, 6) is 2.42. The maximum atomic E-state index is 6.40. The van der Waals surface area contributed by atoms with E-state index in [1.165, 1.54) is 6.33 Å². The number of halogens is 1. The molecule has 1 N–H and O–H groups in total. The second-order valence-corrected chi connectivity index (χ2v) is 6.20. The fraction of sp³-hybridized carbons (Fsp3) is 0.263. The third kappa shape index (κ3) is 3.70. The average Bonchev–Trinajstić information content (AvgIpc) is 2.68. The van der Waals surface area contributed by atoms with Crippen molar-refractivity contribution in [3.63, 3.8) is 0 Å². The molecule has 2 aromatic carbocycles. The number of rotatable bonds is 1. The summed E-state index contributed by atoms with van der Waals surface area (Å²) < 4.78 is 22.6. The van der Waals surface area contributed by atoms with Crippen molar-refractivity contribution in [2.24, 2.45) is 0 Å². The molecule has 0 saturated heterocycles. The van der Waals surface area contributed by atoms with Crippen molar-refractivity contribution in [2.45, 2.75) is 0 Å². The van der Waals surface area contributed by atoms with Crippen molar-refractivity contribution < 1.29 is 18.9 Å². The van der Waals surface area contributed by atoms with Gasteiger partial charge in [0.2, 0.25) is 0 Å². The molecule has 1 aliphatic rings. The Bertz CT molecular complexity index is 967. The van der Waals surface area contributed by atoms with Gasteiger partial charge in [0.15, 0.2) is 11.5 Å². The zero-order valence-corrected chi connectivity index (χ0v) is 15.5. The van der Waals surface area contributed by atoms with Crippen LogP contribution in [0.25, 0.3) is 10.9 Å². The lowest BCUT2D eigenvalue weighted by Crippen LogP contribution is -2.13. The summed E-state index contributed by atoms with van der Waals surface area (Å²) in [6.45, 7) is 1.65. The van der Waals surface area contributed by atoms with Crippen LogP contribution in [-0.2, 0) is 4.74 Å². The Labute approximate surface area is 161 Å². The van der Waals surface area contributed by atoms with Crippen molar-refractivity contribution >= 4 is 34.0 Å². The van der Waals surface area contributed by atoms with E-state index < -0.39 is 0 Å². The van der Waals surface area contributed by atoms with Gasteiger partial charge in [-0.1, -0.05) is 17.7 Å². The second-order valence-electron chi connectivity index (χ2n) is 5.79. The highest BCUT2D eigenvalue weighted by molar-refractivity contribution is 6.33. The molecule has 3 aromatic rings. The predicted octanol–water partition coefficient (Wildman–Crippen LogP) is 3.82. The van der Waals surface area contributed by atoms with Crippen LogP contribution >= 0.6 is 11.6 Å². The number of ether oxygens (including phenoxy) is 4. The first-order valence-electron chi connectivity index (χ1n) is 8.48. The molecule has 1 aliphatic heterocycles. The van der Waals surface area contributed by atoms with Crippen molar-refractivity contribution in [1.82, 2.24) is 9.97 Å². The van der Waals surface area contributed by atoms with Crippen LogP contribution in [0.5, 0.6) is 17.2 Å². The van der Waals surface area contributed by atoms with Gasteiger partial charge in [-0.2, -0.15) is 0 Å². The largest absolute Gasteiger partial charge is 0.493 e. The summed E-state index contributed by atoms with van der Waals surface area (Å²) in [5.41, 5.74) is 1.35. The van der Waals surface area contributed by atoms with E-state index in [2.05, 4.69) is 15.3 Å². The van der Waals surface area contributed by atoms with Gasteiger partial charge in [-0.15, -0.1) is 0 Å². The molecule has 2 bridgehead atoms. The van der Waals surface area contributed by atoms with Crippen LogP contribution < -0.4 is 19.5 Å². The van der Waals surface area contributed by atoms with Gasteiger partial charge in [0.25, 0.3) is 0 Å². The van der Waals surface area contributed by atoms with Crippen molar-refractivity contribution in [3.05, 3.63) is 41.7 Å². The molecule has 0 unspecified atom stereocenters. The van der Waals surface area contributed by atoms with Crippen LogP contribution in [-0.4, -0.2) is 43.5 Å². The third-order valence-corrected chi connectivity index (χ3v) is 4.42.